The van der Waals surface area contributed by atoms with Gasteiger partial charge in [-0.2, -0.15) is 0 Å². The minimum Gasteiger partial charge on any atom is -0.487 e. The number of fused-ring (bicyclic) bond motifs is 1. The molecule has 3 aromatic rings. The molecule has 1 aliphatic heterocycles. The predicted octanol–water partition coefficient (Wildman–Crippen LogP) is 3.55. The Kier molecular flexibility index (Phi) is 4.39. The average Bonchev–Trinajstić information content (AvgIpc) is 3.42. The number of ether oxygens (including phenoxy) is 1. The number of aryl methyl sites for hydroxylation is 1. The van der Waals surface area contributed by atoms with Gasteiger partial charge in [-0.15, -0.1) is 0 Å². The highest BCUT2D eigenvalue weighted by Crippen LogP contribution is 2.42. The van der Waals surface area contributed by atoms with Gasteiger partial charge in [-0.3, -0.25) is 14.6 Å². The van der Waals surface area contributed by atoms with Crippen molar-refractivity contribution in [3.05, 3.63) is 52.7 Å². The van der Waals surface area contributed by atoms with E-state index in [1.807, 2.05) is 35.9 Å². The normalized spacial score (nSPS) is 16.8. The number of likely N-dealkylation sites (N-methyl/N-ethyl adjacent to an activating group) is 1. The van der Waals surface area contributed by atoms with E-state index in [0.717, 1.165) is 29.0 Å². The molecule has 3 aromatic heterocycles. The average molecular weight is 426 g/mol. The van der Waals surface area contributed by atoms with Crippen LogP contribution in [0.2, 0.25) is 5.15 Å². The van der Waals surface area contributed by atoms with E-state index < -0.39 is 0 Å². The van der Waals surface area contributed by atoms with Crippen molar-refractivity contribution >= 4 is 34.9 Å². The number of hydrogen-bond acceptors (Lipinski definition) is 5. The van der Waals surface area contributed by atoms with Gasteiger partial charge in [0.2, 0.25) is 5.91 Å². The van der Waals surface area contributed by atoms with Crippen LogP contribution >= 0.6 is 11.6 Å². The molecule has 1 aliphatic carbocycles. The molecule has 2 fully saturated rings. The zero-order chi connectivity index (χ0) is 21.0. The van der Waals surface area contributed by atoms with Crippen LogP contribution in [0.5, 0.6) is 5.75 Å². The summed E-state index contributed by atoms with van der Waals surface area (Å²) in [6.07, 6.45) is 6.20. The molecule has 154 valence electrons. The molecule has 30 heavy (non-hydrogen) atoms. The van der Waals surface area contributed by atoms with Crippen molar-refractivity contribution in [2.75, 3.05) is 18.5 Å². The lowest BCUT2D eigenvalue weighted by atomic mass is 10.1. The SMILES string of the molecule is Cc1cc(OCc2cn3cc(C4CC4)cc(N4CC(=O)N(C)C4=O)c3n2)cc(Cl)n1. The molecule has 5 rings (SSSR count). The van der Waals surface area contributed by atoms with Gasteiger partial charge in [0.1, 0.15) is 24.1 Å². The van der Waals surface area contributed by atoms with Crippen LogP contribution in [0, 0.1) is 6.92 Å². The fourth-order valence-electron chi connectivity index (χ4n) is 3.68. The Morgan fingerprint density at radius 3 is 2.63 bits per heavy atom. The molecule has 0 atom stereocenters. The fraction of sp³-hybridized carbons (Fsp3) is 0.333. The van der Waals surface area contributed by atoms with Crippen molar-refractivity contribution in [1.29, 1.82) is 0 Å². The van der Waals surface area contributed by atoms with Gasteiger partial charge in [0.25, 0.3) is 0 Å². The molecule has 0 unspecified atom stereocenters. The molecule has 0 aromatic carbocycles. The molecular formula is C21H20ClN5O3. The van der Waals surface area contributed by atoms with Crippen LogP contribution in [-0.4, -0.2) is 44.8 Å². The second-order valence-corrected chi connectivity index (χ2v) is 8.16. The molecule has 1 saturated heterocycles. The zero-order valence-corrected chi connectivity index (χ0v) is 17.4. The number of hydrogen-bond donors (Lipinski definition) is 0. The van der Waals surface area contributed by atoms with Gasteiger partial charge in [-0.05, 0) is 37.3 Å². The second-order valence-electron chi connectivity index (χ2n) is 7.77. The molecule has 2 aliphatic rings. The molecule has 9 heteroatoms. The maximum Gasteiger partial charge on any atom is 0.331 e. The first-order chi connectivity index (χ1) is 14.4. The maximum atomic E-state index is 12.6. The Hall–Kier alpha value is -3.13. The maximum absolute atomic E-state index is 12.6. The van der Waals surface area contributed by atoms with Crippen LogP contribution < -0.4 is 9.64 Å². The third-order valence-corrected chi connectivity index (χ3v) is 5.60. The molecular weight excluding hydrogens is 406 g/mol. The molecule has 1 saturated carbocycles. The van der Waals surface area contributed by atoms with Crippen LogP contribution in [0.3, 0.4) is 0 Å². The molecule has 3 amide bonds. The summed E-state index contributed by atoms with van der Waals surface area (Å²) in [5, 5.41) is 0.373. The lowest BCUT2D eigenvalue weighted by Gasteiger charge is -2.17. The highest BCUT2D eigenvalue weighted by atomic mass is 35.5. The molecule has 8 nitrogen and oxygen atoms in total. The molecule has 4 heterocycles. The number of pyridine rings is 2. The van der Waals surface area contributed by atoms with Crippen LogP contribution in [0.1, 0.15) is 35.7 Å². The summed E-state index contributed by atoms with van der Waals surface area (Å²) >= 11 is 6.00. The van der Waals surface area contributed by atoms with E-state index >= 15 is 0 Å². The van der Waals surface area contributed by atoms with E-state index in [9.17, 15) is 9.59 Å². The number of amides is 3. The van der Waals surface area contributed by atoms with Crippen molar-refractivity contribution in [3.8, 4) is 5.75 Å². The Labute approximate surface area is 178 Å². The van der Waals surface area contributed by atoms with Crippen LogP contribution in [0.15, 0.2) is 30.6 Å². The van der Waals surface area contributed by atoms with Crippen molar-refractivity contribution in [1.82, 2.24) is 19.3 Å². The van der Waals surface area contributed by atoms with Crippen molar-refractivity contribution in [3.63, 3.8) is 0 Å². The lowest BCUT2D eigenvalue weighted by molar-refractivity contribution is -0.123. The number of nitrogens with zero attached hydrogens (tertiary/aromatic N) is 5. The first kappa shape index (κ1) is 18.9. The number of aromatic nitrogens is 3. The van der Waals surface area contributed by atoms with Gasteiger partial charge in [0.05, 0.1) is 11.4 Å². The van der Waals surface area contributed by atoms with E-state index in [0.29, 0.717) is 33.8 Å². The summed E-state index contributed by atoms with van der Waals surface area (Å²) in [6, 6.07) is 5.12. The third kappa shape index (κ3) is 3.37. The minimum absolute atomic E-state index is 0.0204. The summed E-state index contributed by atoms with van der Waals surface area (Å²) in [6.45, 7) is 2.11. The Morgan fingerprint density at radius 2 is 1.97 bits per heavy atom. The molecule has 0 radical (unpaired) electrons. The Morgan fingerprint density at radius 1 is 1.17 bits per heavy atom. The van der Waals surface area contributed by atoms with E-state index in [1.165, 1.54) is 11.9 Å². The van der Waals surface area contributed by atoms with Gasteiger partial charge >= 0.3 is 6.03 Å². The van der Waals surface area contributed by atoms with E-state index in [-0.39, 0.29) is 25.1 Å². The molecule has 0 spiro atoms. The quantitative estimate of drug-likeness (QED) is 0.461. The van der Waals surface area contributed by atoms with Gasteiger partial charge in [0, 0.05) is 37.3 Å². The van der Waals surface area contributed by atoms with Crippen LogP contribution in [0.25, 0.3) is 5.65 Å². The van der Waals surface area contributed by atoms with Crippen molar-refractivity contribution < 1.29 is 14.3 Å². The van der Waals surface area contributed by atoms with E-state index in [1.54, 1.807) is 6.07 Å². The smallest absolute Gasteiger partial charge is 0.331 e. The fourth-order valence-corrected chi connectivity index (χ4v) is 3.92. The number of carbonyl (C=O) groups is 2. The number of carbonyl (C=O) groups excluding carboxylic acids is 2. The largest absolute Gasteiger partial charge is 0.487 e. The number of imidazole rings is 1. The predicted molar refractivity (Wildman–Crippen MR) is 111 cm³/mol. The highest BCUT2D eigenvalue weighted by Gasteiger charge is 2.36. The first-order valence-corrected chi connectivity index (χ1v) is 10.1. The molecule has 0 bridgehead atoms. The van der Waals surface area contributed by atoms with Gasteiger partial charge in [-0.25, -0.2) is 14.8 Å². The second kappa shape index (κ2) is 6.98. The number of urea groups is 1. The van der Waals surface area contributed by atoms with Crippen LogP contribution in [-0.2, 0) is 11.4 Å². The van der Waals surface area contributed by atoms with E-state index in [2.05, 4.69) is 9.97 Å². The monoisotopic (exact) mass is 425 g/mol. The standard InChI is InChI=1S/C21H20ClN5O3/c1-12-5-16(7-18(22)23-12)30-11-15-9-26-8-14(13-3-4-13)6-17(20(26)24-15)27-10-19(28)25(2)21(27)29/h5-9,13H,3-4,10-11H2,1-2H3. The third-order valence-electron chi connectivity index (χ3n) is 5.41. The van der Waals surface area contributed by atoms with E-state index in [4.69, 9.17) is 16.3 Å². The zero-order valence-electron chi connectivity index (χ0n) is 16.6. The van der Waals surface area contributed by atoms with Gasteiger partial charge in [-0.1, -0.05) is 11.6 Å². The van der Waals surface area contributed by atoms with Gasteiger partial charge < -0.3 is 9.14 Å². The van der Waals surface area contributed by atoms with Crippen LogP contribution in [0.4, 0.5) is 10.5 Å². The number of rotatable bonds is 5. The summed E-state index contributed by atoms with van der Waals surface area (Å²) in [4.78, 5) is 36.1. The van der Waals surface area contributed by atoms with Crippen molar-refractivity contribution in [2.45, 2.75) is 32.3 Å². The first-order valence-electron chi connectivity index (χ1n) is 9.75. The number of halogens is 1. The summed E-state index contributed by atoms with van der Waals surface area (Å²) in [7, 11) is 1.50. The summed E-state index contributed by atoms with van der Waals surface area (Å²) in [5.41, 5.74) is 3.90. The van der Waals surface area contributed by atoms with Crippen molar-refractivity contribution in [2.24, 2.45) is 0 Å². The molecule has 0 N–H and O–H groups in total. The minimum atomic E-state index is -0.336. The summed E-state index contributed by atoms with van der Waals surface area (Å²) in [5.74, 6) is 0.878. The topological polar surface area (TPSA) is 80.0 Å². The lowest BCUT2D eigenvalue weighted by Crippen LogP contribution is -2.30. The number of anilines is 1. The number of imide groups is 1. The Balaban J connectivity index is 1.50. The van der Waals surface area contributed by atoms with Gasteiger partial charge in [0.15, 0.2) is 5.65 Å². The Bertz CT molecular complexity index is 1170. The summed E-state index contributed by atoms with van der Waals surface area (Å²) < 4.78 is 7.77. The highest BCUT2D eigenvalue weighted by molar-refractivity contribution is 6.29.